The van der Waals surface area contributed by atoms with Gasteiger partial charge < -0.3 is 5.11 Å². The first kappa shape index (κ1) is 16.2. The van der Waals surface area contributed by atoms with E-state index in [1.165, 1.54) is 18.2 Å². The molecule has 1 aliphatic rings. The quantitative estimate of drug-likeness (QED) is 0.923. The van der Waals surface area contributed by atoms with Crippen LogP contribution in [-0.2, 0) is 21.2 Å². The number of anilines is 1. The third kappa shape index (κ3) is 2.90. The number of halogens is 1. The molecule has 2 aromatic rings. The zero-order valence-corrected chi connectivity index (χ0v) is 13.3. The molecule has 0 fully saturated rings. The van der Waals surface area contributed by atoms with Crippen LogP contribution in [0.5, 0.6) is 0 Å². The van der Waals surface area contributed by atoms with Crippen LogP contribution in [0, 0.1) is 5.82 Å². The summed E-state index contributed by atoms with van der Waals surface area (Å²) in [6.45, 7) is 0. The van der Waals surface area contributed by atoms with Crippen LogP contribution < -0.4 is 4.31 Å². The predicted molar refractivity (Wildman–Crippen MR) is 88.4 cm³/mol. The molecule has 7 heteroatoms. The van der Waals surface area contributed by atoms with Gasteiger partial charge in [0.05, 0.1) is 11.1 Å². The van der Waals surface area contributed by atoms with Crippen molar-refractivity contribution in [1.82, 2.24) is 0 Å². The molecule has 0 saturated heterocycles. The van der Waals surface area contributed by atoms with Crippen LogP contribution in [0.2, 0.25) is 0 Å². The molecule has 124 valence electrons. The molecule has 3 rings (SSSR count). The van der Waals surface area contributed by atoms with Crippen molar-refractivity contribution >= 4 is 27.8 Å². The van der Waals surface area contributed by atoms with Crippen molar-refractivity contribution in [2.75, 3.05) is 4.31 Å². The van der Waals surface area contributed by atoms with Gasteiger partial charge in [-0.1, -0.05) is 36.4 Å². The van der Waals surface area contributed by atoms with Gasteiger partial charge in [0, 0.05) is 12.0 Å². The van der Waals surface area contributed by atoms with Crippen LogP contribution in [0.3, 0.4) is 0 Å². The normalized spacial score (nSPS) is 17.2. The van der Waals surface area contributed by atoms with Crippen LogP contribution in [0.4, 0.5) is 10.1 Å². The second kappa shape index (κ2) is 6.09. The van der Waals surface area contributed by atoms with E-state index in [-0.39, 0.29) is 12.0 Å². The van der Waals surface area contributed by atoms with Crippen LogP contribution in [-0.4, -0.2) is 25.5 Å². The fraction of sp³-hybridized carbons (Fsp3) is 0.118. The highest BCUT2D eigenvalue weighted by Crippen LogP contribution is 2.35. The Hall–Kier alpha value is -2.67. The monoisotopic (exact) mass is 347 g/mol. The molecular weight excluding hydrogens is 333 g/mol. The van der Waals surface area contributed by atoms with E-state index in [2.05, 4.69) is 0 Å². The maximum Gasteiger partial charge on any atom is 0.327 e. The lowest BCUT2D eigenvalue weighted by atomic mass is 10.1. The summed E-state index contributed by atoms with van der Waals surface area (Å²) in [6, 6.07) is 11.2. The summed E-state index contributed by atoms with van der Waals surface area (Å²) in [5.74, 6) is -1.78. The maximum absolute atomic E-state index is 13.6. The number of carboxylic acids is 1. The number of fused-ring (bicyclic) bond motifs is 1. The fourth-order valence-electron chi connectivity index (χ4n) is 2.69. The molecule has 0 spiro atoms. The number of hydrogen-bond acceptors (Lipinski definition) is 3. The summed E-state index contributed by atoms with van der Waals surface area (Å²) in [6.07, 6.45) is 1.22. The average Bonchev–Trinajstić information content (AvgIpc) is 2.95. The van der Waals surface area contributed by atoms with Crippen molar-refractivity contribution in [2.24, 2.45) is 0 Å². The van der Waals surface area contributed by atoms with Gasteiger partial charge in [0.2, 0.25) is 0 Å². The summed E-state index contributed by atoms with van der Waals surface area (Å²) in [5, 5.41) is 10.2. The summed E-state index contributed by atoms with van der Waals surface area (Å²) < 4.78 is 39.8. The Morgan fingerprint density at radius 2 is 1.83 bits per heavy atom. The Morgan fingerprint density at radius 1 is 1.17 bits per heavy atom. The van der Waals surface area contributed by atoms with Crippen LogP contribution >= 0.6 is 0 Å². The average molecular weight is 347 g/mol. The van der Waals surface area contributed by atoms with Gasteiger partial charge in [0.25, 0.3) is 10.0 Å². The van der Waals surface area contributed by atoms with Gasteiger partial charge in [-0.3, -0.25) is 4.31 Å². The predicted octanol–water partition coefficient (Wildman–Crippen LogP) is 2.64. The Morgan fingerprint density at radius 3 is 2.54 bits per heavy atom. The zero-order chi connectivity index (χ0) is 17.3. The smallest absolute Gasteiger partial charge is 0.327 e. The first-order valence-electron chi connectivity index (χ1n) is 7.18. The van der Waals surface area contributed by atoms with Crippen molar-refractivity contribution in [1.29, 1.82) is 0 Å². The van der Waals surface area contributed by atoms with Gasteiger partial charge >= 0.3 is 5.97 Å². The van der Waals surface area contributed by atoms with E-state index in [0.717, 1.165) is 15.8 Å². The molecule has 1 atom stereocenters. The molecule has 1 unspecified atom stereocenters. The molecule has 0 aromatic heterocycles. The van der Waals surface area contributed by atoms with Gasteiger partial charge in [-0.2, -0.15) is 0 Å². The minimum absolute atomic E-state index is 0.0955. The minimum Gasteiger partial charge on any atom is -0.480 e. The highest BCUT2D eigenvalue weighted by molar-refractivity contribution is 7.95. The molecule has 24 heavy (non-hydrogen) atoms. The van der Waals surface area contributed by atoms with Crippen LogP contribution in [0.15, 0.2) is 53.9 Å². The number of rotatable bonds is 4. The number of carboxylic acid groups (broad SMARTS) is 1. The van der Waals surface area contributed by atoms with Gasteiger partial charge in [0.1, 0.15) is 11.9 Å². The van der Waals surface area contributed by atoms with E-state index >= 15 is 0 Å². The molecule has 0 amide bonds. The Balaban J connectivity index is 2.01. The number of aliphatic carboxylic acids is 1. The first-order valence-corrected chi connectivity index (χ1v) is 8.68. The minimum atomic E-state index is -4.08. The lowest BCUT2D eigenvalue weighted by Gasteiger charge is -2.22. The molecule has 0 saturated carbocycles. The van der Waals surface area contributed by atoms with Crippen molar-refractivity contribution in [3.63, 3.8) is 0 Å². The SMILES string of the molecule is O=C(O)C1Cc2ccccc2N1S(=O)(=O)/C=C/c1ccccc1F. The zero-order valence-electron chi connectivity index (χ0n) is 12.5. The molecule has 1 aliphatic heterocycles. The van der Waals surface area contributed by atoms with Gasteiger partial charge in [-0.15, -0.1) is 0 Å². The second-order valence-corrected chi connectivity index (χ2v) is 7.05. The van der Waals surface area contributed by atoms with Gasteiger partial charge in [-0.25, -0.2) is 17.6 Å². The van der Waals surface area contributed by atoms with Crippen molar-refractivity contribution in [3.8, 4) is 0 Å². The summed E-state index contributed by atoms with van der Waals surface area (Å²) >= 11 is 0. The van der Waals surface area contributed by atoms with Crippen molar-refractivity contribution in [3.05, 3.63) is 70.9 Å². The second-order valence-electron chi connectivity index (χ2n) is 5.35. The van der Waals surface area contributed by atoms with Gasteiger partial charge in [0.15, 0.2) is 0 Å². The Labute approximate surface area is 138 Å². The molecule has 1 N–H and O–H groups in total. The number of nitrogens with zero attached hydrogens (tertiary/aromatic N) is 1. The maximum atomic E-state index is 13.6. The van der Waals surface area contributed by atoms with E-state index in [1.807, 2.05) is 0 Å². The third-order valence-corrected chi connectivity index (χ3v) is 5.29. The largest absolute Gasteiger partial charge is 0.480 e. The van der Waals surface area contributed by atoms with E-state index in [4.69, 9.17) is 0 Å². The number of benzene rings is 2. The van der Waals surface area contributed by atoms with E-state index in [9.17, 15) is 22.7 Å². The fourth-order valence-corrected chi connectivity index (χ4v) is 4.12. The van der Waals surface area contributed by atoms with E-state index in [0.29, 0.717) is 11.3 Å². The van der Waals surface area contributed by atoms with Gasteiger partial charge in [-0.05, 0) is 23.8 Å². The summed E-state index contributed by atoms with van der Waals surface area (Å²) in [5.41, 5.74) is 1.09. The summed E-state index contributed by atoms with van der Waals surface area (Å²) in [7, 11) is -4.08. The van der Waals surface area contributed by atoms with Crippen molar-refractivity contribution < 1.29 is 22.7 Å². The number of carbonyl (C=O) groups is 1. The molecule has 0 bridgehead atoms. The Bertz CT molecular complexity index is 924. The van der Waals surface area contributed by atoms with E-state index < -0.39 is 27.9 Å². The number of para-hydroxylation sites is 1. The molecule has 2 aromatic carbocycles. The first-order chi connectivity index (χ1) is 11.4. The van der Waals surface area contributed by atoms with E-state index in [1.54, 1.807) is 30.3 Å². The summed E-state index contributed by atoms with van der Waals surface area (Å²) in [4.78, 5) is 11.5. The highest BCUT2D eigenvalue weighted by Gasteiger charge is 2.40. The highest BCUT2D eigenvalue weighted by atomic mass is 32.2. The molecule has 0 radical (unpaired) electrons. The molecular formula is C17H14FNO4S. The van der Waals surface area contributed by atoms with Crippen LogP contribution in [0.25, 0.3) is 6.08 Å². The number of hydrogen-bond donors (Lipinski definition) is 1. The third-order valence-electron chi connectivity index (χ3n) is 3.81. The molecule has 5 nitrogen and oxygen atoms in total. The standard InChI is InChI=1S/C17H14FNO4S/c18-14-7-3-1-5-12(14)9-10-24(22,23)19-15-8-4-2-6-13(15)11-16(19)17(20)21/h1-10,16H,11H2,(H,20,21)/b10-9+. The molecule has 0 aliphatic carbocycles. The lowest BCUT2D eigenvalue weighted by Crippen LogP contribution is -2.41. The lowest BCUT2D eigenvalue weighted by molar-refractivity contribution is -0.138. The van der Waals surface area contributed by atoms with Crippen LogP contribution in [0.1, 0.15) is 11.1 Å². The topological polar surface area (TPSA) is 74.7 Å². The molecule has 1 heterocycles. The number of sulfonamides is 1. The Kier molecular flexibility index (Phi) is 4.11. The van der Waals surface area contributed by atoms with Crippen molar-refractivity contribution in [2.45, 2.75) is 12.5 Å².